The zero-order valence-corrected chi connectivity index (χ0v) is 14.1. The molecule has 0 spiro atoms. The van der Waals surface area contributed by atoms with Gasteiger partial charge in [-0.25, -0.2) is 13.6 Å². The van der Waals surface area contributed by atoms with Crippen molar-refractivity contribution in [2.24, 2.45) is 5.14 Å². The lowest BCUT2D eigenvalue weighted by atomic mass is 10.1. The van der Waals surface area contributed by atoms with Crippen LogP contribution in [0, 0.1) is 0 Å². The molecule has 0 fully saturated rings. The number of hydrogen-bond donors (Lipinski definition) is 2. The molecule has 0 aliphatic rings. The van der Waals surface area contributed by atoms with Gasteiger partial charge in [-0.3, -0.25) is 9.78 Å². The molecule has 122 valence electrons. The van der Waals surface area contributed by atoms with E-state index in [0.29, 0.717) is 5.75 Å². The van der Waals surface area contributed by atoms with Crippen molar-refractivity contribution in [3.8, 4) is 0 Å². The summed E-state index contributed by atoms with van der Waals surface area (Å²) in [4.78, 5) is 16.9. The number of nitrogens with zero attached hydrogens (tertiary/aromatic N) is 1. The number of aromatic nitrogens is 1. The first-order chi connectivity index (χ1) is 10.9. The van der Waals surface area contributed by atoms with E-state index in [1.165, 1.54) is 23.9 Å². The van der Waals surface area contributed by atoms with Gasteiger partial charge in [0.1, 0.15) is 0 Å². The third-order valence-corrected chi connectivity index (χ3v) is 5.05. The van der Waals surface area contributed by atoms with E-state index < -0.39 is 10.0 Å². The van der Waals surface area contributed by atoms with Crippen molar-refractivity contribution in [2.75, 3.05) is 5.75 Å². The monoisotopic (exact) mass is 351 g/mol. The number of pyridine rings is 1. The summed E-state index contributed by atoms with van der Waals surface area (Å²) in [5.41, 5.74) is 0.805. The van der Waals surface area contributed by atoms with Crippen LogP contribution in [0.2, 0.25) is 0 Å². The number of nitrogens with two attached hydrogens (primary N) is 1. The van der Waals surface area contributed by atoms with Crippen molar-refractivity contribution >= 4 is 27.7 Å². The first-order valence-corrected chi connectivity index (χ1v) is 9.34. The maximum atomic E-state index is 12.0. The van der Waals surface area contributed by atoms with Crippen LogP contribution >= 0.6 is 11.8 Å². The number of benzene rings is 1. The predicted octanol–water partition coefficient (Wildman–Crippen LogP) is 1.70. The van der Waals surface area contributed by atoms with Crippen molar-refractivity contribution in [3.05, 3.63) is 54.4 Å². The summed E-state index contributed by atoms with van der Waals surface area (Å²) in [7, 11) is -3.70. The van der Waals surface area contributed by atoms with Gasteiger partial charge in [-0.1, -0.05) is 12.1 Å². The lowest BCUT2D eigenvalue weighted by Gasteiger charge is -2.14. The largest absolute Gasteiger partial charge is 0.349 e. The van der Waals surface area contributed by atoms with Gasteiger partial charge in [0.15, 0.2) is 0 Å². The highest BCUT2D eigenvalue weighted by molar-refractivity contribution is 8.00. The Morgan fingerprint density at radius 1 is 1.22 bits per heavy atom. The number of carbonyl (C=O) groups excluding carboxylic acids is 1. The van der Waals surface area contributed by atoms with E-state index in [0.717, 1.165) is 10.5 Å². The van der Waals surface area contributed by atoms with Crippen molar-refractivity contribution in [1.29, 1.82) is 0 Å². The molecule has 8 heteroatoms. The Morgan fingerprint density at radius 2 is 1.83 bits per heavy atom. The second-order valence-corrected chi connectivity index (χ2v) is 7.49. The van der Waals surface area contributed by atoms with Crippen LogP contribution in [0.25, 0.3) is 0 Å². The van der Waals surface area contributed by atoms with Crippen LogP contribution < -0.4 is 10.5 Å². The number of rotatable bonds is 6. The molecule has 0 aliphatic carbocycles. The molecule has 0 saturated heterocycles. The molecule has 1 aromatic heterocycles. The summed E-state index contributed by atoms with van der Waals surface area (Å²) in [6, 6.07) is 9.59. The number of thioether (sulfide) groups is 1. The van der Waals surface area contributed by atoms with Gasteiger partial charge in [-0.2, -0.15) is 0 Å². The molecule has 0 bridgehead atoms. The topological polar surface area (TPSA) is 102 Å². The fourth-order valence-corrected chi connectivity index (χ4v) is 3.11. The first-order valence-electron chi connectivity index (χ1n) is 6.81. The standard InChI is InChI=1S/C15H17N3O3S2/c1-11(12-2-4-14(5-3-12)23(16,20)21)18-15(19)10-22-13-6-8-17-9-7-13/h2-9,11H,10H2,1H3,(H,18,19)(H2,16,20,21)/t11-/m0/s1. The Kier molecular flexibility index (Phi) is 5.75. The first kappa shape index (κ1) is 17.5. The smallest absolute Gasteiger partial charge is 0.238 e. The van der Waals surface area contributed by atoms with E-state index in [4.69, 9.17) is 5.14 Å². The van der Waals surface area contributed by atoms with Gasteiger partial charge in [0.25, 0.3) is 0 Å². The maximum absolute atomic E-state index is 12.0. The van der Waals surface area contributed by atoms with Gasteiger partial charge in [0.2, 0.25) is 15.9 Å². The lowest BCUT2D eigenvalue weighted by Crippen LogP contribution is -2.28. The van der Waals surface area contributed by atoms with Crippen LogP contribution in [0.5, 0.6) is 0 Å². The number of carbonyl (C=O) groups is 1. The Hall–Kier alpha value is -1.90. The van der Waals surface area contributed by atoms with Gasteiger partial charge < -0.3 is 5.32 Å². The number of nitrogens with one attached hydrogen (secondary N) is 1. The van der Waals surface area contributed by atoms with E-state index in [1.807, 2.05) is 19.1 Å². The highest BCUT2D eigenvalue weighted by Gasteiger charge is 2.12. The SMILES string of the molecule is C[C@H](NC(=O)CSc1ccncc1)c1ccc(S(N)(=O)=O)cc1. The van der Waals surface area contributed by atoms with Gasteiger partial charge in [0, 0.05) is 17.3 Å². The van der Waals surface area contributed by atoms with Gasteiger partial charge in [-0.05, 0) is 36.8 Å². The molecule has 3 N–H and O–H groups in total. The summed E-state index contributed by atoms with van der Waals surface area (Å²) < 4.78 is 22.4. The fraction of sp³-hybridized carbons (Fsp3) is 0.200. The van der Waals surface area contributed by atoms with Crippen molar-refractivity contribution in [1.82, 2.24) is 10.3 Å². The van der Waals surface area contributed by atoms with E-state index >= 15 is 0 Å². The molecule has 0 radical (unpaired) electrons. The zero-order valence-electron chi connectivity index (χ0n) is 12.5. The molecule has 0 saturated carbocycles. The summed E-state index contributed by atoms with van der Waals surface area (Å²) in [5, 5.41) is 7.92. The molecule has 6 nitrogen and oxygen atoms in total. The Bertz CT molecular complexity index is 762. The highest BCUT2D eigenvalue weighted by Crippen LogP contribution is 2.18. The number of amides is 1. The predicted molar refractivity (Wildman–Crippen MR) is 89.3 cm³/mol. The summed E-state index contributed by atoms with van der Waals surface area (Å²) in [6.07, 6.45) is 3.35. The molecule has 1 atom stereocenters. The quantitative estimate of drug-likeness (QED) is 0.771. The third-order valence-electron chi connectivity index (χ3n) is 3.11. The summed E-state index contributed by atoms with van der Waals surface area (Å²) in [5.74, 6) is 0.193. The molecule has 2 rings (SSSR count). The van der Waals surface area contributed by atoms with Crippen LogP contribution in [0.1, 0.15) is 18.5 Å². The molecular weight excluding hydrogens is 334 g/mol. The Balaban J connectivity index is 1.90. The van der Waals surface area contributed by atoms with Crippen molar-refractivity contribution < 1.29 is 13.2 Å². The molecule has 1 amide bonds. The Labute approximate surface area is 139 Å². The highest BCUT2D eigenvalue weighted by atomic mass is 32.2. The van der Waals surface area contributed by atoms with Crippen LogP contribution in [0.3, 0.4) is 0 Å². The fourth-order valence-electron chi connectivity index (χ4n) is 1.90. The maximum Gasteiger partial charge on any atom is 0.238 e. The van der Waals surface area contributed by atoms with Gasteiger partial charge in [-0.15, -0.1) is 11.8 Å². The van der Waals surface area contributed by atoms with Crippen LogP contribution in [0.15, 0.2) is 58.6 Å². The molecule has 23 heavy (non-hydrogen) atoms. The molecule has 1 aromatic carbocycles. The second kappa shape index (κ2) is 7.58. The molecular formula is C15H17N3O3S2. The summed E-state index contributed by atoms with van der Waals surface area (Å²) >= 11 is 1.42. The Morgan fingerprint density at radius 3 is 2.39 bits per heavy atom. The number of sulfonamides is 1. The van der Waals surface area contributed by atoms with E-state index in [-0.39, 0.29) is 16.8 Å². The lowest BCUT2D eigenvalue weighted by molar-refractivity contribution is -0.119. The van der Waals surface area contributed by atoms with Crippen LogP contribution in [-0.2, 0) is 14.8 Å². The third kappa shape index (κ3) is 5.34. The zero-order chi connectivity index (χ0) is 16.9. The summed E-state index contributed by atoms with van der Waals surface area (Å²) in [6.45, 7) is 1.83. The van der Waals surface area contributed by atoms with Crippen LogP contribution in [-0.4, -0.2) is 25.1 Å². The van der Waals surface area contributed by atoms with E-state index in [9.17, 15) is 13.2 Å². The minimum atomic E-state index is -3.70. The normalized spacial score (nSPS) is 12.6. The van der Waals surface area contributed by atoms with Gasteiger partial charge in [0.05, 0.1) is 16.7 Å². The van der Waals surface area contributed by atoms with Crippen molar-refractivity contribution in [2.45, 2.75) is 22.8 Å². The number of primary sulfonamides is 1. The second-order valence-electron chi connectivity index (χ2n) is 4.87. The molecule has 2 aromatic rings. The van der Waals surface area contributed by atoms with Gasteiger partial charge >= 0.3 is 0 Å². The molecule has 1 heterocycles. The van der Waals surface area contributed by atoms with E-state index in [2.05, 4.69) is 10.3 Å². The van der Waals surface area contributed by atoms with Crippen LogP contribution in [0.4, 0.5) is 0 Å². The number of hydrogen-bond acceptors (Lipinski definition) is 5. The van der Waals surface area contributed by atoms with E-state index in [1.54, 1.807) is 24.5 Å². The average Bonchev–Trinajstić information content (AvgIpc) is 2.53. The molecule has 0 aliphatic heterocycles. The average molecular weight is 351 g/mol. The minimum Gasteiger partial charge on any atom is -0.349 e. The molecule has 0 unspecified atom stereocenters. The minimum absolute atomic E-state index is 0.0491. The van der Waals surface area contributed by atoms with Crippen molar-refractivity contribution in [3.63, 3.8) is 0 Å².